The van der Waals surface area contributed by atoms with Crippen molar-refractivity contribution < 1.29 is 27.9 Å². The third kappa shape index (κ3) is 9.29. The van der Waals surface area contributed by atoms with Crippen LogP contribution in [-0.2, 0) is 24.7 Å². The van der Waals surface area contributed by atoms with Gasteiger partial charge >= 0.3 is 5.97 Å². The van der Waals surface area contributed by atoms with Gasteiger partial charge in [0.15, 0.2) is 0 Å². The summed E-state index contributed by atoms with van der Waals surface area (Å²) in [6.07, 6.45) is 3.30. The van der Waals surface area contributed by atoms with Gasteiger partial charge < -0.3 is 5.32 Å². The molecule has 0 aliphatic carbocycles. The summed E-state index contributed by atoms with van der Waals surface area (Å²) in [5.74, 6) is -3.30. The summed E-state index contributed by atoms with van der Waals surface area (Å²) in [4.78, 5) is 39.1. The van der Waals surface area contributed by atoms with Crippen LogP contribution in [0.5, 0.6) is 0 Å². The highest BCUT2D eigenvalue weighted by Crippen LogP contribution is 2.19. The van der Waals surface area contributed by atoms with Crippen LogP contribution >= 0.6 is 0 Å². The van der Waals surface area contributed by atoms with E-state index in [0.29, 0.717) is 5.69 Å². The molecule has 2 amide bonds. The van der Waals surface area contributed by atoms with Crippen molar-refractivity contribution in [3.63, 3.8) is 0 Å². The number of anilines is 1. The van der Waals surface area contributed by atoms with E-state index in [0.717, 1.165) is 11.3 Å². The van der Waals surface area contributed by atoms with E-state index in [1.54, 1.807) is 37.4 Å². The molecular formula is C28H30N3O6S. The number of carbonyl (C=O) groups excluding carboxylic acids is 3. The molecule has 1 unspecified atom stereocenters. The zero-order chi connectivity index (χ0) is 28.1. The van der Waals surface area contributed by atoms with Crippen molar-refractivity contribution in [3.8, 4) is 0 Å². The molecule has 2 aromatic carbocycles. The minimum absolute atomic E-state index is 0.0223. The highest BCUT2D eigenvalue weighted by atomic mass is 32.2. The maximum atomic E-state index is 12.5. The van der Waals surface area contributed by atoms with E-state index in [2.05, 4.69) is 16.9 Å². The Bertz CT molecular complexity index is 1360. The lowest BCUT2D eigenvalue weighted by Gasteiger charge is -2.14. The second kappa shape index (κ2) is 14.4. The highest BCUT2D eigenvalue weighted by molar-refractivity contribution is 7.90. The SMILES string of the molecule is C=Cc1ccccc1NC(=O)c1ccc(S(=O)(=O)NC(=O)C(CC)CCC([O])=O)cc1.Cc1ccccn1. The molecule has 0 saturated heterocycles. The number of hydrogen-bond acceptors (Lipinski definition) is 6. The first kappa shape index (κ1) is 29.9. The van der Waals surface area contributed by atoms with Gasteiger partial charge in [-0.05, 0) is 67.8 Å². The minimum Gasteiger partial charge on any atom is -0.321 e. The van der Waals surface area contributed by atoms with Crippen molar-refractivity contribution in [3.05, 3.63) is 96.3 Å². The third-order valence-corrected chi connectivity index (χ3v) is 6.83. The maximum Gasteiger partial charge on any atom is 0.355 e. The van der Waals surface area contributed by atoms with Gasteiger partial charge in [0.25, 0.3) is 15.9 Å². The molecule has 0 spiro atoms. The average Bonchev–Trinajstić information content (AvgIpc) is 2.90. The van der Waals surface area contributed by atoms with Crippen molar-refractivity contribution in [1.82, 2.24) is 9.71 Å². The van der Waals surface area contributed by atoms with E-state index in [-0.39, 0.29) is 29.7 Å². The minimum atomic E-state index is -4.17. The van der Waals surface area contributed by atoms with Crippen LogP contribution < -0.4 is 10.0 Å². The van der Waals surface area contributed by atoms with Gasteiger partial charge in [-0.25, -0.2) is 23.0 Å². The Morgan fingerprint density at radius 1 is 1.00 bits per heavy atom. The lowest BCUT2D eigenvalue weighted by atomic mass is 10.00. The topological polar surface area (TPSA) is 142 Å². The van der Waals surface area contributed by atoms with E-state index in [1.807, 2.05) is 35.9 Å². The van der Waals surface area contributed by atoms with Gasteiger partial charge in [0, 0.05) is 29.1 Å². The van der Waals surface area contributed by atoms with Crippen LogP contribution in [0.25, 0.3) is 6.08 Å². The highest BCUT2D eigenvalue weighted by Gasteiger charge is 2.24. The monoisotopic (exact) mass is 536 g/mol. The molecule has 1 atom stereocenters. The number of aryl methyl sites for hydroxylation is 1. The Kier molecular flexibility index (Phi) is 11.4. The standard InChI is InChI=1S/C22H23N2O6S.C6H7N/c1-3-15-7-5-6-8-19(15)23-21(27)17-9-12-18(13-10-17)31(29,30)24-22(28)16(4-2)11-14-20(25)26;1-6-4-2-3-5-7-6/h3,5-10,12-13,16H,1,4,11,14H2,2H3,(H,23,27)(H,24,28);2-5H,1H3. The molecule has 38 heavy (non-hydrogen) atoms. The summed E-state index contributed by atoms with van der Waals surface area (Å²) in [6.45, 7) is 7.32. The van der Waals surface area contributed by atoms with E-state index in [4.69, 9.17) is 0 Å². The zero-order valence-electron chi connectivity index (χ0n) is 21.2. The van der Waals surface area contributed by atoms with Gasteiger partial charge in [-0.3, -0.25) is 14.6 Å². The molecule has 10 heteroatoms. The molecule has 1 aromatic heterocycles. The number of carbonyl (C=O) groups is 3. The van der Waals surface area contributed by atoms with Crippen molar-refractivity contribution in [2.24, 2.45) is 5.92 Å². The Balaban J connectivity index is 0.000000624. The number of pyridine rings is 1. The molecule has 0 bridgehead atoms. The fourth-order valence-corrected chi connectivity index (χ4v) is 4.35. The molecule has 199 valence electrons. The van der Waals surface area contributed by atoms with E-state index in [1.165, 1.54) is 24.3 Å². The van der Waals surface area contributed by atoms with Gasteiger partial charge in [-0.2, -0.15) is 0 Å². The number of rotatable bonds is 10. The smallest absolute Gasteiger partial charge is 0.321 e. The van der Waals surface area contributed by atoms with E-state index in [9.17, 15) is 27.9 Å². The number of amides is 2. The van der Waals surface area contributed by atoms with Crippen LogP contribution in [0.1, 0.15) is 47.8 Å². The molecule has 0 fully saturated rings. The predicted octanol–water partition coefficient (Wildman–Crippen LogP) is 4.54. The molecule has 1 heterocycles. The zero-order valence-corrected chi connectivity index (χ0v) is 22.0. The summed E-state index contributed by atoms with van der Waals surface area (Å²) in [6, 6.07) is 18.0. The van der Waals surface area contributed by atoms with Crippen LogP contribution in [0.4, 0.5) is 5.69 Å². The van der Waals surface area contributed by atoms with Gasteiger partial charge in [0.05, 0.1) is 11.3 Å². The fraction of sp³-hybridized carbons (Fsp3) is 0.214. The number of sulfonamides is 1. The summed E-state index contributed by atoms with van der Waals surface area (Å²) in [5, 5.41) is 13.3. The Hall–Kier alpha value is -4.31. The average molecular weight is 537 g/mol. The number of aromatic nitrogens is 1. The second-order valence-corrected chi connectivity index (χ2v) is 9.91. The normalized spacial score (nSPS) is 11.3. The summed E-state index contributed by atoms with van der Waals surface area (Å²) in [7, 11) is -4.17. The number of hydrogen-bond donors (Lipinski definition) is 2. The van der Waals surface area contributed by atoms with Crippen molar-refractivity contribution in [2.75, 3.05) is 5.32 Å². The lowest BCUT2D eigenvalue weighted by Crippen LogP contribution is -2.35. The molecule has 3 rings (SSSR count). The Labute approximate surface area is 222 Å². The number of benzene rings is 2. The molecule has 2 N–H and O–H groups in total. The van der Waals surface area contributed by atoms with Crippen molar-refractivity contribution >= 4 is 39.6 Å². The molecular weight excluding hydrogens is 506 g/mol. The van der Waals surface area contributed by atoms with Gasteiger partial charge in [0.2, 0.25) is 5.91 Å². The second-order valence-electron chi connectivity index (χ2n) is 8.23. The van der Waals surface area contributed by atoms with Crippen LogP contribution in [0.2, 0.25) is 0 Å². The molecule has 0 saturated carbocycles. The summed E-state index contributed by atoms with van der Waals surface area (Å²) in [5.41, 5.74) is 2.60. The van der Waals surface area contributed by atoms with Gasteiger partial charge in [-0.15, -0.1) is 0 Å². The van der Waals surface area contributed by atoms with Crippen LogP contribution in [-0.4, -0.2) is 31.2 Å². The molecule has 1 radical (unpaired) electrons. The molecule has 0 aliphatic heterocycles. The maximum absolute atomic E-state index is 12.5. The molecule has 0 aliphatic rings. The summed E-state index contributed by atoms with van der Waals surface area (Å²) < 4.78 is 26.9. The number of nitrogens with zero attached hydrogens (tertiary/aromatic N) is 1. The Morgan fingerprint density at radius 2 is 1.66 bits per heavy atom. The quantitative estimate of drug-likeness (QED) is 0.390. The van der Waals surface area contributed by atoms with Crippen LogP contribution in [0, 0.1) is 12.8 Å². The van der Waals surface area contributed by atoms with E-state index < -0.39 is 33.7 Å². The third-order valence-electron chi connectivity index (χ3n) is 5.46. The number of nitrogens with one attached hydrogen (secondary N) is 2. The largest absolute Gasteiger partial charge is 0.355 e. The van der Waals surface area contributed by atoms with E-state index >= 15 is 0 Å². The molecule has 3 aromatic rings. The van der Waals surface area contributed by atoms with Crippen LogP contribution in [0.3, 0.4) is 0 Å². The number of para-hydroxylation sites is 1. The Morgan fingerprint density at radius 3 is 2.18 bits per heavy atom. The fourth-order valence-electron chi connectivity index (χ4n) is 3.30. The summed E-state index contributed by atoms with van der Waals surface area (Å²) >= 11 is 0. The predicted molar refractivity (Wildman–Crippen MR) is 144 cm³/mol. The van der Waals surface area contributed by atoms with Gasteiger partial charge in [-0.1, -0.05) is 43.8 Å². The van der Waals surface area contributed by atoms with Crippen molar-refractivity contribution in [1.29, 1.82) is 0 Å². The first-order valence-corrected chi connectivity index (χ1v) is 13.3. The van der Waals surface area contributed by atoms with Gasteiger partial charge in [0.1, 0.15) is 0 Å². The first-order chi connectivity index (χ1) is 18.1. The lowest BCUT2D eigenvalue weighted by molar-refractivity contribution is -0.143. The van der Waals surface area contributed by atoms with Crippen LogP contribution in [0.15, 0.2) is 84.4 Å². The first-order valence-electron chi connectivity index (χ1n) is 11.8. The molecule has 9 nitrogen and oxygen atoms in total. The van der Waals surface area contributed by atoms with Crippen molar-refractivity contribution in [2.45, 2.75) is 38.0 Å².